The summed E-state index contributed by atoms with van der Waals surface area (Å²) in [5, 5.41) is 0. The van der Waals surface area contributed by atoms with Crippen LogP contribution >= 0.6 is 0 Å². The molecule has 2 nitrogen and oxygen atoms in total. The van der Waals surface area contributed by atoms with Crippen LogP contribution in [-0.2, 0) is 9.53 Å². The summed E-state index contributed by atoms with van der Waals surface area (Å²) >= 11 is 0. The Morgan fingerprint density at radius 3 is 2.82 bits per heavy atom. The molecule has 1 radical (unpaired) electrons. The highest BCUT2D eigenvalue weighted by molar-refractivity contribution is 5.90. The van der Waals surface area contributed by atoms with Crippen molar-refractivity contribution in [3.8, 4) is 0 Å². The van der Waals surface area contributed by atoms with Gasteiger partial charge in [0.05, 0.1) is 0 Å². The number of fused-ring (bicyclic) bond motifs is 2. The first-order valence-corrected chi connectivity index (χ1v) is 3.98. The molecule has 2 aliphatic rings. The molecule has 1 saturated carbocycles. The fraction of sp³-hybridized carbons (Fsp3) is 0.556. The lowest BCUT2D eigenvalue weighted by atomic mass is 9.99. The van der Waals surface area contributed by atoms with Gasteiger partial charge in [0.2, 0.25) is 0 Å². The van der Waals surface area contributed by atoms with Crippen molar-refractivity contribution in [1.29, 1.82) is 0 Å². The second kappa shape index (κ2) is 2.36. The molecule has 2 bridgehead atoms. The summed E-state index contributed by atoms with van der Waals surface area (Å²) in [5.74, 6) is 0.529. The molecular weight excluding hydrogens is 140 g/mol. The summed E-state index contributed by atoms with van der Waals surface area (Å²) in [6.07, 6.45) is 4.44. The smallest absolute Gasteiger partial charge is 0.334 e. The Balaban J connectivity index is 2.21. The zero-order valence-corrected chi connectivity index (χ0v) is 6.43. The lowest BCUT2D eigenvalue weighted by molar-refractivity contribution is -0.134. The quantitative estimate of drug-likeness (QED) is 0.534. The predicted octanol–water partition coefficient (Wildman–Crippen LogP) is 1.82. The zero-order valence-electron chi connectivity index (χ0n) is 6.43. The Labute approximate surface area is 66.2 Å². The number of hydrogen-bond donors (Lipinski definition) is 0. The van der Waals surface area contributed by atoms with Crippen molar-refractivity contribution < 1.29 is 9.53 Å². The number of carbonyl (C=O) groups is 1. The molecule has 2 aliphatic carbocycles. The van der Waals surface area contributed by atoms with E-state index in [0.29, 0.717) is 0 Å². The monoisotopic (exact) mass is 151 g/mol. The molecule has 1 fully saturated rings. The number of rotatable bonds is 1. The molecule has 0 spiro atoms. The van der Waals surface area contributed by atoms with E-state index in [4.69, 9.17) is 0 Å². The lowest BCUT2D eigenvalue weighted by Crippen LogP contribution is -2.06. The molecule has 0 N–H and O–H groups in total. The maximum Gasteiger partial charge on any atom is 0.334 e. The number of esters is 1. The summed E-state index contributed by atoms with van der Waals surface area (Å²) in [7, 11) is 3.13. The first-order valence-electron chi connectivity index (χ1n) is 3.98. The average Bonchev–Trinajstić information content (AvgIpc) is 2.62. The third-order valence-corrected chi connectivity index (χ3v) is 2.69. The van der Waals surface area contributed by atoms with Gasteiger partial charge in [-0.2, -0.15) is 0 Å². The third-order valence-electron chi connectivity index (χ3n) is 2.69. The standard InChI is InChI=1S/C9H11O2/c1-11-9(10)8-5-6-2-3-7(8)4-6/h6H,1-5H2. The van der Waals surface area contributed by atoms with E-state index >= 15 is 0 Å². The molecular formula is C9H11O2. The minimum atomic E-state index is -0.206. The molecule has 0 aromatic heterocycles. The summed E-state index contributed by atoms with van der Waals surface area (Å²) in [4.78, 5) is 11.1. The van der Waals surface area contributed by atoms with Crippen LogP contribution in [0.25, 0.3) is 0 Å². The average molecular weight is 151 g/mol. The van der Waals surface area contributed by atoms with Crippen LogP contribution < -0.4 is 0 Å². The topological polar surface area (TPSA) is 26.3 Å². The molecule has 0 heterocycles. The number of allylic oxidation sites excluding steroid dienone is 1. The van der Waals surface area contributed by atoms with Gasteiger partial charge in [0, 0.05) is 5.57 Å². The van der Waals surface area contributed by atoms with E-state index < -0.39 is 0 Å². The Bertz CT molecular complexity index is 228. The van der Waals surface area contributed by atoms with Crippen LogP contribution in [0.5, 0.6) is 0 Å². The fourth-order valence-electron chi connectivity index (χ4n) is 2.13. The zero-order chi connectivity index (χ0) is 7.84. The van der Waals surface area contributed by atoms with Gasteiger partial charge in [-0.3, -0.25) is 0 Å². The molecule has 0 aromatic carbocycles. The van der Waals surface area contributed by atoms with Crippen LogP contribution in [0, 0.1) is 13.0 Å². The molecule has 1 atom stereocenters. The van der Waals surface area contributed by atoms with Crippen LogP contribution in [0.15, 0.2) is 11.1 Å². The summed E-state index contributed by atoms with van der Waals surface area (Å²) in [5.41, 5.74) is 2.24. The van der Waals surface area contributed by atoms with E-state index in [0.717, 1.165) is 30.8 Å². The van der Waals surface area contributed by atoms with Crippen molar-refractivity contribution in [3.63, 3.8) is 0 Å². The molecule has 0 saturated heterocycles. The van der Waals surface area contributed by atoms with Gasteiger partial charge >= 0.3 is 5.97 Å². The molecule has 0 aromatic rings. The van der Waals surface area contributed by atoms with Gasteiger partial charge < -0.3 is 4.74 Å². The number of hydrogen-bond acceptors (Lipinski definition) is 2. The fourth-order valence-corrected chi connectivity index (χ4v) is 2.13. The lowest BCUT2D eigenvalue weighted by Gasteiger charge is -2.08. The maximum absolute atomic E-state index is 11.1. The highest BCUT2D eigenvalue weighted by Crippen LogP contribution is 2.44. The van der Waals surface area contributed by atoms with Crippen molar-refractivity contribution >= 4 is 5.97 Å². The van der Waals surface area contributed by atoms with Crippen molar-refractivity contribution in [2.75, 3.05) is 0 Å². The molecule has 1 unspecified atom stereocenters. The van der Waals surface area contributed by atoms with E-state index in [-0.39, 0.29) is 5.97 Å². The molecule has 0 aliphatic heterocycles. The second-order valence-corrected chi connectivity index (χ2v) is 3.33. The van der Waals surface area contributed by atoms with Gasteiger partial charge in [0.1, 0.15) is 7.11 Å². The highest BCUT2D eigenvalue weighted by atomic mass is 16.5. The molecule has 0 amide bonds. The SMILES string of the molecule is [CH2]OC(=O)C1=C2CCC(C2)C1. The van der Waals surface area contributed by atoms with Crippen LogP contribution in [0.2, 0.25) is 0 Å². The highest BCUT2D eigenvalue weighted by Gasteiger charge is 2.33. The molecule has 2 rings (SSSR count). The van der Waals surface area contributed by atoms with E-state index in [2.05, 4.69) is 11.8 Å². The second-order valence-electron chi connectivity index (χ2n) is 3.33. The van der Waals surface area contributed by atoms with Crippen molar-refractivity contribution in [2.45, 2.75) is 25.7 Å². The van der Waals surface area contributed by atoms with Gasteiger partial charge in [-0.15, -0.1) is 0 Å². The van der Waals surface area contributed by atoms with Gasteiger partial charge in [0.15, 0.2) is 0 Å². The Morgan fingerprint density at radius 2 is 2.36 bits per heavy atom. The Kier molecular flexibility index (Phi) is 1.48. The Hall–Kier alpha value is -0.790. The third kappa shape index (κ3) is 0.971. The van der Waals surface area contributed by atoms with Crippen molar-refractivity contribution in [1.82, 2.24) is 0 Å². The van der Waals surface area contributed by atoms with Gasteiger partial charge in [-0.25, -0.2) is 4.79 Å². The molecule has 2 heteroatoms. The normalized spacial score (nSPS) is 27.9. The number of carbonyl (C=O) groups excluding carboxylic acids is 1. The molecule has 11 heavy (non-hydrogen) atoms. The van der Waals surface area contributed by atoms with Gasteiger partial charge in [0.25, 0.3) is 0 Å². The van der Waals surface area contributed by atoms with E-state index in [1.54, 1.807) is 0 Å². The predicted molar refractivity (Wildman–Crippen MR) is 40.4 cm³/mol. The van der Waals surface area contributed by atoms with Crippen LogP contribution in [-0.4, -0.2) is 5.97 Å². The van der Waals surface area contributed by atoms with E-state index in [9.17, 15) is 4.79 Å². The summed E-state index contributed by atoms with van der Waals surface area (Å²) in [6.45, 7) is 0. The number of ether oxygens (including phenoxy) is 1. The largest absolute Gasteiger partial charge is 0.459 e. The van der Waals surface area contributed by atoms with E-state index in [1.807, 2.05) is 0 Å². The minimum Gasteiger partial charge on any atom is -0.459 e. The van der Waals surface area contributed by atoms with Gasteiger partial charge in [-0.1, -0.05) is 5.57 Å². The maximum atomic E-state index is 11.1. The van der Waals surface area contributed by atoms with Crippen molar-refractivity contribution in [3.05, 3.63) is 18.3 Å². The van der Waals surface area contributed by atoms with Crippen LogP contribution in [0.4, 0.5) is 0 Å². The first kappa shape index (κ1) is 6.89. The summed E-state index contributed by atoms with van der Waals surface area (Å²) < 4.78 is 4.44. The molecule has 59 valence electrons. The first-order chi connectivity index (χ1) is 5.31. The van der Waals surface area contributed by atoms with Crippen molar-refractivity contribution in [2.24, 2.45) is 5.92 Å². The Morgan fingerprint density at radius 1 is 1.55 bits per heavy atom. The summed E-state index contributed by atoms with van der Waals surface area (Å²) in [6, 6.07) is 0. The van der Waals surface area contributed by atoms with Gasteiger partial charge in [-0.05, 0) is 31.6 Å². The van der Waals surface area contributed by atoms with Crippen LogP contribution in [0.1, 0.15) is 25.7 Å². The van der Waals surface area contributed by atoms with Crippen LogP contribution in [0.3, 0.4) is 0 Å². The minimum absolute atomic E-state index is 0.206. The van der Waals surface area contributed by atoms with E-state index in [1.165, 1.54) is 12.0 Å².